The Morgan fingerprint density at radius 3 is 2.71 bits per heavy atom. The van der Waals surface area contributed by atoms with Crippen LogP contribution in [0.25, 0.3) is 0 Å². The molecule has 0 saturated carbocycles. The topological polar surface area (TPSA) is 66.5 Å². The largest absolute Gasteiger partial charge is 0.312 e. The zero-order chi connectivity index (χ0) is 17.5. The molecule has 0 aliphatic carbocycles. The lowest BCUT2D eigenvalue weighted by atomic mass is 10.1. The van der Waals surface area contributed by atoms with Gasteiger partial charge in [0, 0.05) is 24.2 Å². The van der Waals surface area contributed by atoms with Gasteiger partial charge in [0.25, 0.3) is 10.0 Å². The van der Waals surface area contributed by atoms with Gasteiger partial charge in [-0.25, -0.2) is 8.42 Å². The highest BCUT2D eigenvalue weighted by atomic mass is 35.5. The van der Waals surface area contributed by atoms with Crippen molar-refractivity contribution in [3.63, 3.8) is 0 Å². The zero-order valence-corrected chi connectivity index (χ0v) is 14.9. The monoisotopic (exact) mass is 364 g/mol. The number of rotatable bonds is 3. The number of fused-ring (bicyclic) bond motifs is 1. The Morgan fingerprint density at radius 1 is 1.25 bits per heavy atom. The quantitative estimate of drug-likeness (QED) is 0.908. The van der Waals surface area contributed by atoms with Crippen LogP contribution in [0.1, 0.15) is 18.1 Å². The number of nitrogens with one attached hydrogen (secondary N) is 1. The van der Waals surface area contributed by atoms with E-state index in [0.29, 0.717) is 22.8 Å². The average molecular weight is 365 g/mol. The van der Waals surface area contributed by atoms with Crippen LogP contribution in [0.5, 0.6) is 0 Å². The minimum absolute atomic E-state index is 0.0561. The normalized spacial score (nSPS) is 13.7. The van der Waals surface area contributed by atoms with Gasteiger partial charge in [0.15, 0.2) is 0 Å². The van der Waals surface area contributed by atoms with Gasteiger partial charge in [0.1, 0.15) is 0 Å². The highest BCUT2D eigenvalue weighted by Crippen LogP contribution is 2.32. The molecule has 1 amide bonds. The van der Waals surface area contributed by atoms with Crippen LogP contribution in [0.2, 0.25) is 5.02 Å². The standard InChI is InChI=1S/C17H17ClN2O3S/c1-11-15(18)4-3-5-17(11)24(22,23)19-14-7-6-13-8-9-20(12(2)21)16(13)10-14/h3-7,10,19H,8-9H2,1-2H3. The first-order valence-corrected chi connectivity index (χ1v) is 9.34. The lowest BCUT2D eigenvalue weighted by molar-refractivity contribution is -0.116. The van der Waals surface area contributed by atoms with Crippen LogP contribution < -0.4 is 9.62 Å². The summed E-state index contributed by atoms with van der Waals surface area (Å²) in [4.78, 5) is 13.5. The Labute approximate surface area is 146 Å². The van der Waals surface area contributed by atoms with Crippen molar-refractivity contribution in [2.45, 2.75) is 25.2 Å². The van der Waals surface area contributed by atoms with Crippen LogP contribution in [0.15, 0.2) is 41.3 Å². The minimum atomic E-state index is -3.76. The SMILES string of the molecule is CC(=O)N1CCc2ccc(NS(=O)(=O)c3cccc(Cl)c3C)cc21. The van der Waals surface area contributed by atoms with Crippen LogP contribution in [0.4, 0.5) is 11.4 Å². The van der Waals surface area contributed by atoms with Gasteiger partial charge in [-0.05, 0) is 48.7 Å². The van der Waals surface area contributed by atoms with E-state index in [1.165, 1.54) is 13.0 Å². The molecule has 0 unspecified atom stereocenters. The van der Waals surface area contributed by atoms with Crippen LogP contribution in [-0.2, 0) is 21.2 Å². The first-order valence-electron chi connectivity index (χ1n) is 7.48. The van der Waals surface area contributed by atoms with Crippen molar-refractivity contribution in [3.05, 3.63) is 52.5 Å². The third kappa shape index (κ3) is 2.99. The predicted octanol–water partition coefficient (Wildman–Crippen LogP) is 3.36. The van der Waals surface area contributed by atoms with E-state index >= 15 is 0 Å². The van der Waals surface area contributed by atoms with E-state index in [-0.39, 0.29) is 10.8 Å². The molecule has 7 heteroatoms. The Balaban J connectivity index is 1.96. The molecule has 2 aromatic rings. The maximum Gasteiger partial charge on any atom is 0.262 e. The highest BCUT2D eigenvalue weighted by Gasteiger charge is 2.24. The number of nitrogens with zero attached hydrogens (tertiary/aromatic N) is 1. The van der Waals surface area contributed by atoms with E-state index in [1.54, 1.807) is 36.1 Å². The van der Waals surface area contributed by atoms with E-state index in [9.17, 15) is 13.2 Å². The zero-order valence-electron chi connectivity index (χ0n) is 13.3. The van der Waals surface area contributed by atoms with Gasteiger partial charge in [-0.15, -0.1) is 0 Å². The molecule has 24 heavy (non-hydrogen) atoms. The van der Waals surface area contributed by atoms with Crippen LogP contribution in [0, 0.1) is 6.92 Å². The fourth-order valence-electron chi connectivity index (χ4n) is 2.86. The highest BCUT2D eigenvalue weighted by molar-refractivity contribution is 7.92. The summed E-state index contributed by atoms with van der Waals surface area (Å²) in [5.41, 5.74) is 2.71. The van der Waals surface area contributed by atoms with Gasteiger partial charge in [-0.2, -0.15) is 0 Å². The molecule has 0 fully saturated rings. The van der Waals surface area contributed by atoms with Crippen molar-refractivity contribution >= 4 is 38.9 Å². The molecular formula is C17H17ClN2O3S. The molecule has 1 heterocycles. The Kier molecular flexibility index (Phi) is 4.27. The van der Waals surface area contributed by atoms with Crippen molar-refractivity contribution in [2.75, 3.05) is 16.2 Å². The van der Waals surface area contributed by atoms with Crippen LogP contribution in [0.3, 0.4) is 0 Å². The second kappa shape index (κ2) is 6.11. The van der Waals surface area contributed by atoms with Crippen LogP contribution >= 0.6 is 11.6 Å². The Hall–Kier alpha value is -2.05. The Morgan fingerprint density at radius 2 is 2.00 bits per heavy atom. The number of halogens is 1. The number of sulfonamides is 1. The summed E-state index contributed by atoms with van der Waals surface area (Å²) in [6.07, 6.45) is 0.773. The van der Waals surface area contributed by atoms with Crippen molar-refractivity contribution in [1.82, 2.24) is 0 Å². The molecule has 126 valence electrons. The number of carbonyl (C=O) groups excluding carboxylic acids is 1. The molecule has 2 aromatic carbocycles. The molecule has 0 saturated heterocycles. The summed E-state index contributed by atoms with van der Waals surface area (Å²) in [6.45, 7) is 3.78. The number of anilines is 2. The molecule has 0 atom stereocenters. The van der Waals surface area contributed by atoms with Crippen LogP contribution in [-0.4, -0.2) is 20.9 Å². The first-order chi connectivity index (χ1) is 11.3. The third-order valence-electron chi connectivity index (χ3n) is 4.12. The maximum absolute atomic E-state index is 12.6. The molecule has 0 spiro atoms. The molecule has 0 aromatic heterocycles. The molecule has 0 bridgehead atoms. The molecule has 0 radical (unpaired) electrons. The lowest BCUT2D eigenvalue weighted by Crippen LogP contribution is -2.25. The summed E-state index contributed by atoms with van der Waals surface area (Å²) in [5, 5.41) is 0.398. The predicted molar refractivity (Wildman–Crippen MR) is 95.2 cm³/mol. The van der Waals surface area contributed by atoms with Gasteiger partial charge < -0.3 is 4.90 Å². The summed E-state index contributed by atoms with van der Waals surface area (Å²) in [7, 11) is -3.76. The number of hydrogen-bond donors (Lipinski definition) is 1. The number of benzene rings is 2. The lowest BCUT2D eigenvalue weighted by Gasteiger charge is -2.16. The second-order valence-corrected chi connectivity index (χ2v) is 7.79. The smallest absolute Gasteiger partial charge is 0.262 e. The number of amides is 1. The van der Waals surface area contributed by atoms with E-state index in [0.717, 1.165) is 17.7 Å². The maximum atomic E-state index is 12.6. The molecule has 3 rings (SSSR count). The summed E-state index contributed by atoms with van der Waals surface area (Å²) in [6, 6.07) is 10.0. The summed E-state index contributed by atoms with van der Waals surface area (Å²) in [5.74, 6) is -0.0561. The number of hydrogen-bond acceptors (Lipinski definition) is 3. The molecule has 1 aliphatic rings. The molecular weight excluding hydrogens is 348 g/mol. The number of carbonyl (C=O) groups is 1. The Bertz CT molecular complexity index is 925. The minimum Gasteiger partial charge on any atom is -0.312 e. The van der Waals surface area contributed by atoms with E-state index in [2.05, 4.69) is 4.72 Å². The fourth-order valence-corrected chi connectivity index (χ4v) is 4.41. The summed E-state index contributed by atoms with van der Waals surface area (Å²) >= 11 is 6.02. The second-order valence-electron chi connectivity index (χ2n) is 5.73. The van der Waals surface area contributed by atoms with E-state index < -0.39 is 10.0 Å². The average Bonchev–Trinajstić information content (AvgIpc) is 2.92. The van der Waals surface area contributed by atoms with Gasteiger partial charge in [0.05, 0.1) is 10.6 Å². The van der Waals surface area contributed by atoms with Gasteiger partial charge in [-0.3, -0.25) is 9.52 Å². The van der Waals surface area contributed by atoms with Gasteiger partial charge in [0.2, 0.25) is 5.91 Å². The first kappa shape index (κ1) is 16.8. The molecule has 5 nitrogen and oxygen atoms in total. The van der Waals surface area contributed by atoms with E-state index in [4.69, 9.17) is 11.6 Å². The summed E-state index contributed by atoms with van der Waals surface area (Å²) < 4.78 is 27.8. The van der Waals surface area contributed by atoms with Gasteiger partial charge >= 0.3 is 0 Å². The van der Waals surface area contributed by atoms with E-state index in [1.807, 2.05) is 6.07 Å². The van der Waals surface area contributed by atoms with Crippen molar-refractivity contribution in [3.8, 4) is 0 Å². The van der Waals surface area contributed by atoms with Crippen molar-refractivity contribution in [1.29, 1.82) is 0 Å². The van der Waals surface area contributed by atoms with Gasteiger partial charge in [-0.1, -0.05) is 23.7 Å². The molecule has 1 N–H and O–H groups in total. The third-order valence-corrected chi connectivity index (χ3v) is 6.06. The van der Waals surface area contributed by atoms with Crippen molar-refractivity contribution < 1.29 is 13.2 Å². The fraction of sp³-hybridized carbons (Fsp3) is 0.235. The van der Waals surface area contributed by atoms with Crippen molar-refractivity contribution in [2.24, 2.45) is 0 Å². The molecule has 1 aliphatic heterocycles.